The van der Waals surface area contributed by atoms with E-state index in [0.717, 1.165) is 11.3 Å². The molecular formula is C6H6Cl3NO2S. The van der Waals surface area contributed by atoms with Crippen LogP contribution in [-0.4, -0.2) is 11.1 Å². The zero-order chi connectivity index (χ0) is 9.30. The zero-order valence-electron chi connectivity index (χ0n) is 6.16. The van der Waals surface area contributed by atoms with Crippen molar-refractivity contribution in [3.63, 3.8) is 0 Å². The molecule has 74 valence electrons. The van der Waals surface area contributed by atoms with E-state index in [0.29, 0.717) is 14.2 Å². The van der Waals surface area contributed by atoms with Crippen LogP contribution in [0.3, 0.4) is 0 Å². The third-order valence-electron chi connectivity index (χ3n) is 1.28. The fraction of sp³-hybridized carbons (Fsp3) is 0.167. The van der Waals surface area contributed by atoms with Crippen molar-refractivity contribution in [3.05, 3.63) is 20.3 Å². The molecule has 1 heterocycles. The van der Waals surface area contributed by atoms with Crippen molar-refractivity contribution < 1.29 is 9.90 Å². The van der Waals surface area contributed by atoms with Crippen molar-refractivity contribution in [1.29, 1.82) is 0 Å². The standard InChI is InChI=1S/C6H5Cl2NO2S.ClH/c7-3-1-2(5(8)12-3)4(9)6(10)11;/h1,4H,9H2,(H,10,11);1H. The predicted molar refractivity (Wildman–Crippen MR) is 56.2 cm³/mol. The van der Waals surface area contributed by atoms with Crippen molar-refractivity contribution in [2.24, 2.45) is 5.73 Å². The molecule has 0 aromatic carbocycles. The molecule has 0 saturated carbocycles. The Morgan fingerprint density at radius 3 is 2.46 bits per heavy atom. The van der Waals surface area contributed by atoms with E-state index in [1.165, 1.54) is 6.07 Å². The molecule has 0 aliphatic carbocycles. The fourth-order valence-corrected chi connectivity index (χ4v) is 2.25. The Morgan fingerprint density at radius 1 is 1.62 bits per heavy atom. The van der Waals surface area contributed by atoms with Gasteiger partial charge in [-0.1, -0.05) is 23.2 Å². The van der Waals surface area contributed by atoms with Crippen LogP contribution in [0.2, 0.25) is 8.67 Å². The van der Waals surface area contributed by atoms with Gasteiger partial charge in [0.15, 0.2) is 0 Å². The Balaban J connectivity index is 0.00000144. The number of rotatable bonds is 2. The fourth-order valence-electron chi connectivity index (χ4n) is 0.698. The number of aliphatic carboxylic acids is 1. The van der Waals surface area contributed by atoms with Gasteiger partial charge < -0.3 is 10.8 Å². The van der Waals surface area contributed by atoms with Gasteiger partial charge in [0.2, 0.25) is 0 Å². The highest BCUT2D eigenvalue weighted by molar-refractivity contribution is 7.20. The number of carboxylic acid groups (broad SMARTS) is 1. The van der Waals surface area contributed by atoms with Gasteiger partial charge in [-0.15, -0.1) is 23.7 Å². The van der Waals surface area contributed by atoms with E-state index in [2.05, 4.69) is 0 Å². The highest BCUT2D eigenvalue weighted by Gasteiger charge is 2.19. The first-order valence-corrected chi connectivity index (χ1v) is 4.52. The largest absolute Gasteiger partial charge is 0.480 e. The topological polar surface area (TPSA) is 63.3 Å². The maximum atomic E-state index is 10.4. The van der Waals surface area contributed by atoms with Crippen LogP contribution in [-0.2, 0) is 4.79 Å². The van der Waals surface area contributed by atoms with E-state index < -0.39 is 12.0 Å². The average molecular weight is 263 g/mol. The van der Waals surface area contributed by atoms with Gasteiger partial charge in [-0.25, -0.2) is 0 Å². The zero-order valence-corrected chi connectivity index (χ0v) is 9.30. The van der Waals surface area contributed by atoms with Crippen molar-refractivity contribution >= 4 is 52.9 Å². The molecule has 0 fully saturated rings. The summed E-state index contributed by atoms with van der Waals surface area (Å²) in [6.45, 7) is 0. The molecule has 1 atom stereocenters. The molecule has 0 radical (unpaired) electrons. The maximum absolute atomic E-state index is 10.4. The quantitative estimate of drug-likeness (QED) is 0.861. The first kappa shape index (κ1) is 13.0. The van der Waals surface area contributed by atoms with E-state index in [1.54, 1.807) is 0 Å². The average Bonchev–Trinajstić information content (AvgIpc) is 2.28. The highest BCUT2D eigenvalue weighted by Crippen LogP contribution is 2.34. The Bertz CT molecular complexity index is 315. The molecule has 7 heteroatoms. The number of carbonyl (C=O) groups is 1. The third kappa shape index (κ3) is 3.00. The van der Waals surface area contributed by atoms with Crippen LogP contribution in [0.5, 0.6) is 0 Å². The lowest BCUT2D eigenvalue weighted by atomic mass is 10.2. The Kier molecular flexibility index (Phi) is 5.02. The van der Waals surface area contributed by atoms with E-state index >= 15 is 0 Å². The van der Waals surface area contributed by atoms with Gasteiger partial charge in [0.1, 0.15) is 6.04 Å². The minimum absolute atomic E-state index is 0. The van der Waals surface area contributed by atoms with Gasteiger partial charge in [0.05, 0.1) is 8.67 Å². The van der Waals surface area contributed by atoms with Gasteiger partial charge in [0.25, 0.3) is 0 Å². The highest BCUT2D eigenvalue weighted by atomic mass is 35.5. The van der Waals surface area contributed by atoms with Gasteiger partial charge in [-0.05, 0) is 6.07 Å². The molecule has 3 nitrogen and oxygen atoms in total. The number of nitrogens with two attached hydrogens (primary N) is 1. The second-order valence-corrected chi connectivity index (χ2v) is 4.38. The molecular weight excluding hydrogens is 256 g/mol. The molecule has 1 rings (SSSR count). The molecule has 1 unspecified atom stereocenters. The van der Waals surface area contributed by atoms with Crippen LogP contribution in [0.1, 0.15) is 11.6 Å². The summed E-state index contributed by atoms with van der Waals surface area (Å²) in [5, 5.41) is 8.55. The van der Waals surface area contributed by atoms with Crippen LogP contribution < -0.4 is 5.73 Å². The van der Waals surface area contributed by atoms with E-state index in [9.17, 15) is 4.79 Å². The van der Waals surface area contributed by atoms with Crippen molar-refractivity contribution in [3.8, 4) is 0 Å². The molecule has 0 saturated heterocycles. The second-order valence-electron chi connectivity index (χ2n) is 2.10. The Morgan fingerprint density at radius 2 is 2.15 bits per heavy atom. The minimum Gasteiger partial charge on any atom is -0.480 e. The van der Waals surface area contributed by atoms with E-state index in [1.807, 2.05) is 0 Å². The van der Waals surface area contributed by atoms with Gasteiger partial charge in [-0.2, -0.15) is 0 Å². The summed E-state index contributed by atoms with van der Waals surface area (Å²) >= 11 is 12.4. The van der Waals surface area contributed by atoms with Crippen LogP contribution in [0, 0.1) is 0 Å². The molecule has 0 spiro atoms. The molecule has 0 aliphatic heterocycles. The molecule has 3 N–H and O–H groups in total. The van der Waals surface area contributed by atoms with Crippen LogP contribution in [0.4, 0.5) is 0 Å². The first-order chi connectivity index (χ1) is 5.52. The summed E-state index contributed by atoms with van der Waals surface area (Å²) in [7, 11) is 0. The lowest BCUT2D eigenvalue weighted by Gasteiger charge is -2.02. The SMILES string of the molecule is Cl.NC(C(=O)O)c1cc(Cl)sc1Cl. The normalized spacial score (nSPS) is 11.9. The monoisotopic (exact) mass is 261 g/mol. The molecule has 0 aliphatic rings. The van der Waals surface area contributed by atoms with Crippen LogP contribution >= 0.6 is 46.9 Å². The molecule has 13 heavy (non-hydrogen) atoms. The van der Waals surface area contributed by atoms with Crippen molar-refractivity contribution in [1.82, 2.24) is 0 Å². The summed E-state index contributed by atoms with van der Waals surface area (Å²) in [5.41, 5.74) is 5.68. The Hall–Kier alpha value is -0.0000000000000000555. The van der Waals surface area contributed by atoms with Crippen molar-refractivity contribution in [2.75, 3.05) is 0 Å². The smallest absolute Gasteiger partial charge is 0.325 e. The summed E-state index contributed by atoms with van der Waals surface area (Å²) in [5.74, 6) is -1.12. The van der Waals surface area contributed by atoms with E-state index in [-0.39, 0.29) is 12.4 Å². The summed E-state index contributed by atoms with van der Waals surface area (Å²) in [6.07, 6.45) is 0. The van der Waals surface area contributed by atoms with Crippen LogP contribution in [0.25, 0.3) is 0 Å². The summed E-state index contributed by atoms with van der Waals surface area (Å²) in [4.78, 5) is 10.4. The van der Waals surface area contributed by atoms with Gasteiger partial charge in [-0.3, -0.25) is 4.79 Å². The third-order valence-corrected chi connectivity index (χ3v) is 2.80. The number of carboxylic acids is 1. The molecule has 0 bridgehead atoms. The van der Waals surface area contributed by atoms with Crippen LogP contribution in [0.15, 0.2) is 6.07 Å². The first-order valence-electron chi connectivity index (χ1n) is 2.95. The molecule has 1 aromatic rings. The lowest BCUT2D eigenvalue weighted by molar-refractivity contribution is -0.138. The molecule has 0 amide bonds. The number of halogens is 3. The predicted octanol–water partition coefficient (Wildman–Crippen LogP) is 2.56. The number of hydrogen-bond donors (Lipinski definition) is 2. The van der Waals surface area contributed by atoms with Gasteiger partial charge in [0, 0.05) is 5.56 Å². The Labute approximate surface area is 94.9 Å². The number of thiophene rings is 1. The second kappa shape index (κ2) is 5.02. The maximum Gasteiger partial charge on any atom is 0.325 e. The minimum atomic E-state index is -1.12. The number of hydrogen-bond acceptors (Lipinski definition) is 3. The summed E-state index contributed by atoms with van der Waals surface area (Å²) < 4.78 is 0.765. The lowest BCUT2D eigenvalue weighted by Crippen LogP contribution is -2.20. The van der Waals surface area contributed by atoms with E-state index in [4.69, 9.17) is 34.0 Å². The van der Waals surface area contributed by atoms with Gasteiger partial charge >= 0.3 is 5.97 Å². The molecule has 1 aromatic heterocycles. The van der Waals surface area contributed by atoms with Crippen molar-refractivity contribution in [2.45, 2.75) is 6.04 Å². The summed E-state index contributed by atoms with van der Waals surface area (Å²) in [6, 6.07) is 0.370.